The fourth-order valence-corrected chi connectivity index (χ4v) is 7.49. The molecule has 2 amide bonds. The van der Waals surface area contributed by atoms with Gasteiger partial charge in [-0.05, 0) is 49.6 Å². The molecule has 7 rings (SSSR count). The third-order valence-corrected chi connectivity index (χ3v) is 10.2. The summed E-state index contributed by atoms with van der Waals surface area (Å²) in [5, 5.41) is 2.92. The van der Waals surface area contributed by atoms with Gasteiger partial charge in [0.25, 0.3) is 0 Å². The minimum Gasteiger partial charge on any atom is -0.487 e. The van der Waals surface area contributed by atoms with Gasteiger partial charge in [-0.15, -0.1) is 0 Å². The molecular weight excluding hydrogens is 655 g/mol. The fraction of sp³-hybridized carbons (Fsp3) is 0.444. The van der Waals surface area contributed by atoms with Gasteiger partial charge in [0.15, 0.2) is 17.0 Å². The molecule has 1 aromatic carbocycles. The number of nitrogens with one attached hydrogen (secondary N) is 1. The maximum atomic E-state index is 16.2. The van der Waals surface area contributed by atoms with Crippen molar-refractivity contribution in [3.8, 4) is 11.6 Å². The van der Waals surface area contributed by atoms with Crippen LogP contribution in [0.15, 0.2) is 53.7 Å². The van der Waals surface area contributed by atoms with Gasteiger partial charge in [-0.3, -0.25) is 14.6 Å². The number of piperazine rings is 1. The van der Waals surface area contributed by atoms with Crippen LogP contribution in [0.1, 0.15) is 36.9 Å². The first-order chi connectivity index (χ1) is 24.7. The third-order valence-electron chi connectivity index (χ3n) is 10.2. The molecule has 0 spiro atoms. The van der Waals surface area contributed by atoms with E-state index in [1.807, 2.05) is 47.2 Å². The lowest BCUT2D eigenvalue weighted by atomic mass is 10.0. The average molecular weight is 701 g/mol. The number of benzene rings is 1. The smallest absolute Gasteiger partial charge is 0.313 e. The van der Waals surface area contributed by atoms with Gasteiger partial charge in [-0.25, -0.2) is 19.2 Å². The van der Waals surface area contributed by atoms with E-state index in [4.69, 9.17) is 20.9 Å². The van der Waals surface area contributed by atoms with Crippen molar-refractivity contribution >= 4 is 34.1 Å². The lowest BCUT2D eigenvalue weighted by Crippen LogP contribution is -2.51. The normalized spacial score (nSPS) is 19.3. The van der Waals surface area contributed by atoms with E-state index < -0.39 is 11.8 Å². The Morgan fingerprint density at radius 1 is 1.12 bits per heavy atom. The first kappa shape index (κ1) is 34.3. The van der Waals surface area contributed by atoms with Crippen LogP contribution in [0.2, 0.25) is 0 Å². The number of methoxy groups -OCH3 is 1. The van der Waals surface area contributed by atoms with Crippen LogP contribution >= 0.6 is 0 Å². The first-order valence-electron chi connectivity index (χ1n) is 17.4. The Hall–Kier alpha value is -5.15. The molecule has 3 aliphatic rings. The van der Waals surface area contributed by atoms with Crippen molar-refractivity contribution in [2.75, 3.05) is 75.2 Å². The van der Waals surface area contributed by atoms with Crippen molar-refractivity contribution < 1.29 is 18.7 Å². The lowest BCUT2D eigenvalue weighted by Gasteiger charge is -2.40. The number of hydrogen-bond donors (Lipinski definition) is 3. The first-order valence-corrected chi connectivity index (χ1v) is 17.4. The highest BCUT2D eigenvalue weighted by Crippen LogP contribution is 2.42. The van der Waals surface area contributed by atoms with Crippen LogP contribution in [0.5, 0.6) is 11.6 Å². The number of carbonyl (C=O) groups excluding carboxylic acids is 1. The van der Waals surface area contributed by atoms with E-state index in [0.717, 1.165) is 37.2 Å². The summed E-state index contributed by atoms with van der Waals surface area (Å²) in [5.41, 5.74) is 14.5. The topological polar surface area (TPSA) is 160 Å². The standard InChI is InChI=1S/C36H45FN10O4/c1-23-21-51-35-32-28(15-29(37)33(35)44-12-10-43(11-13-44)22-42-36(39)49)34(48)25(19-47(23)32)18-46(17-24-7-8-40-31(14-24)50-2)27-4-3-9-45(20-27)26-5-6-30(38)41-16-26/h5-8,14-16,19,23,27H,3-4,9-13,17-18,20-22H2,1-2H3,(H2,38,41)(H3,39,42,49)/t23?,27-/m0/s1. The molecule has 15 heteroatoms. The number of pyridine rings is 3. The number of ether oxygens (including phenoxy) is 2. The molecule has 270 valence electrons. The molecule has 1 unspecified atom stereocenters. The van der Waals surface area contributed by atoms with E-state index in [2.05, 4.69) is 29.7 Å². The van der Waals surface area contributed by atoms with Gasteiger partial charge < -0.3 is 40.6 Å². The van der Waals surface area contributed by atoms with E-state index in [1.165, 1.54) is 6.07 Å². The van der Waals surface area contributed by atoms with E-state index >= 15 is 4.39 Å². The molecule has 51 heavy (non-hydrogen) atoms. The van der Waals surface area contributed by atoms with E-state index in [9.17, 15) is 9.59 Å². The van der Waals surface area contributed by atoms with Gasteiger partial charge in [0.2, 0.25) is 5.88 Å². The molecule has 4 aromatic rings. The average Bonchev–Trinajstić information content (AvgIpc) is 3.14. The minimum atomic E-state index is -0.584. The molecule has 5 N–H and O–H groups in total. The second-order valence-electron chi connectivity index (χ2n) is 13.6. The van der Waals surface area contributed by atoms with E-state index in [1.54, 1.807) is 19.5 Å². The minimum absolute atomic E-state index is 0.0736. The monoisotopic (exact) mass is 700 g/mol. The third kappa shape index (κ3) is 7.21. The number of nitrogens with two attached hydrogens (primary N) is 2. The van der Waals surface area contributed by atoms with Crippen molar-refractivity contribution in [2.24, 2.45) is 5.73 Å². The number of nitrogens with zero attached hydrogens (tertiary/aromatic N) is 7. The number of anilines is 3. The highest BCUT2D eigenvalue weighted by atomic mass is 19.1. The number of hydrogen-bond acceptors (Lipinski definition) is 11. The summed E-state index contributed by atoms with van der Waals surface area (Å²) >= 11 is 0. The Kier molecular flexibility index (Phi) is 9.82. The second kappa shape index (κ2) is 14.6. The quantitative estimate of drug-likeness (QED) is 0.223. The molecule has 14 nitrogen and oxygen atoms in total. The van der Waals surface area contributed by atoms with E-state index in [0.29, 0.717) is 92.1 Å². The summed E-state index contributed by atoms with van der Waals surface area (Å²) in [6.07, 6.45) is 7.40. The van der Waals surface area contributed by atoms with Crippen molar-refractivity contribution in [3.05, 3.63) is 76.1 Å². The van der Waals surface area contributed by atoms with Gasteiger partial charge in [0.1, 0.15) is 18.1 Å². The molecule has 3 aromatic heterocycles. The molecular formula is C36H45FN10O4. The van der Waals surface area contributed by atoms with Gasteiger partial charge >= 0.3 is 6.03 Å². The van der Waals surface area contributed by atoms with Crippen LogP contribution in [0, 0.1) is 5.82 Å². The molecule has 2 fully saturated rings. The molecule has 6 heterocycles. The number of piperidine rings is 1. The zero-order valence-corrected chi connectivity index (χ0v) is 29.1. The number of halogens is 1. The Balaban J connectivity index is 1.22. The number of carbonyl (C=O) groups is 1. The molecule has 0 bridgehead atoms. The van der Waals surface area contributed by atoms with Crippen LogP contribution in [-0.4, -0.2) is 96.1 Å². The molecule has 2 saturated heterocycles. The van der Waals surface area contributed by atoms with Crippen LogP contribution < -0.4 is 41.5 Å². The molecule has 0 aliphatic carbocycles. The molecule has 3 aliphatic heterocycles. The predicted octanol–water partition coefficient (Wildman–Crippen LogP) is 2.89. The molecule has 2 atom stereocenters. The number of urea groups is 1. The zero-order valence-electron chi connectivity index (χ0n) is 29.1. The van der Waals surface area contributed by atoms with Gasteiger partial charge in [0.05, 0.1) is 42.6 Å². The summed E-state index contributed by atoms with van der Waals surface area (Å²) in [7, 11) is 1.60. The van der Waals surface area contributed by atoms with Crippen molar-refractivity contribution in [1.29, 1.82) is 0 Å². The number of aromatic nitrogens is 3. The maximum absolute atomic E-state index is 16.2. The summed E-state index contributed by atoms with van der Waals surface area (Å²) < 4.78 is 29.9. The van der Waals surface area contributed by atoms with Crippen molar-refractivity contribution in [3.63, 3.8) is 0 Å². The number of amides is 2. The zero-order chi connectivity index (χ0) is 35.6. The highest BCUT2D eigenvalue weighted by Gasteiger charge is 2.32. The summed E-state index contributed by atoms with van der Waals surface area (Å²) in [5.74, 6) is 0.913. The number of nitrogen functional groups attached to an aromatic ring is 1. The van der Waals surface area contributed by atoms with Crippen LogP contribution in [-0.2, 0) is 13.1 Å². The highest BCUT2D eigenvalue weighted by molar-refractivity contribution is 5.92. The Morgan fingerprint density at radius 3 is 2.69 bits per heavy atom. The molecule has 0 saturated carbocycles. The van der Waals surface area contributed by atoms with Crippen LogP contribution in [0.3, 0.4) is 0 Å². The summed E-state index contributed by atoms with van der Waals surface area (Å²) in [6, 6.07) is 8.53. The summed E-state index contributed by atoms with van der Waals surface area (Å²) in [6.45, 7) is 7.54. The summed E-state index contributed by atoms with van der Waals surface area (Å²) in [4.78, 5) is 42.8. The van der Waals surface area contributed by atoms with Gasteiger partial charge in [-0.2, -0.15) is 0 Å². The van der Waals surface area contributed by atoms with Crippen molar-refractivity contribution in [1.82, 2.24) is 29.7 Å². The van der Waals surface area contributed by atoms with Crippen LogP contribution in [0.4, 0.5) is 26.4 Å². The number of primary amides is 1. The van der Waals surface area contributed by atoms with Crippen LogP contribution in [0.25, 0.3) is 10.9 Å². The largest absolute Gasteiger partial charge is 0.487 e. The SMILES string of the molecule is COc1cc(CN(Cc2cn3c4c(c(N5CCN(CNC(N)=O)CC5)c(F)cc4c2=O)OCC3C)[C@H]2CCCN(c3ccc(N)nc3)C2)ccn1. The Bertz CT molecular complexity index is 1950. The number of rotatable bonds is 10. The Labute approximate surface area is 295 Å². The van der Waals surface area contributed by atoms with Crippen molar-refractivity contribution in [2.45, 2.75) is 44.9 Å². The van der Waals surface area contributed by atoms with Gasteiger partial charge in [0, 0.05) is 82.4 Å². The Morgan fingerprint density at radius 2 is 1.94 bits per heavy atom. The maximum Gasteiger partial charge on any atom is 0.313 e. The molecule has 0 radical (unpaired) electrons. The predicted molar refractivity (Wildman–Crippen MR) is 194 cm³/mol. The lowest BCUT2D eigenvalue weighted by molar-refractivity contribution is 0.157. The van der Waals surface area contributed by atoms with Gasteiger partial charge in [-0.1, -0.05) is 0 Å². The second-order valence-corrected chi connectivity index (χ2v) is 13.6. The fourth-order valence-electron chi connectivity index (χ4n) is 7.49. The van der Waals surface area contributed by atoms with E-state index in [-0.39, 0.29) is 17.5 Å².